The highest BCUT2D eigenvalue weighted by Crippen LogP contribution is 2.17. The van der Waals surface area contributed by atoms with Gasteiger partial charge >= 0.3 is 0 Å². The average molecular weight is 295 g/mol. The molecule has 0 aliphatic heterocycles. The maximum absolute atomic E-state index is 4.27. The molecular formula is C14H21N3S2. The van der Waals surface area contributed by atoms with Crippen molar-refractivity contribution in [3.05, 3.63) is 32.4 Å². The number of hydrogen-bond donors (Lipinski definition) is 1. The monoisotopic (exact) mass is 295 g/mol. The van der Waals surface area contributed by atoms with Gasteiger partial charge in [0, 0.05) is 18.4 Å². The van der Waals surface area contributed by atoms with Crippen molar-refractivity contribution in [2.75, 3.05) is 6.54 Å². The Bertz CT molecular complexity index is 483. The van der Waals surface area contributed by atoms with E-state index in [9.17, 15) is 0 Å². The molecule has 0 unspecified atom stereocenters. The molecule has 0 spiro atoms. The van der Waals surface area contributed by atoms with Gasteiger partial charge in [-0.05, 0) is 56.1 Å². The molecule has 0 atom stereocenters. The van der Waals surface area contributed by atoms with Crippen LogP contribution in [0.2, 0.25) is 0 Å². The van der Waals surface area contributed by atoms with E-state index in [2.05, 4.69) is 53.1 Å². The van der Waals surface area contributed by atoms with Crippen LogP contribution < -0.4 is 5.32 Å². The van der Waals surface area contributed by atoms with Crippen LogP contribution in [0.4, 0.5) is 0 Å². The highest BCUT2D eigenvalue weighted by molar-refractivity contribution is 7.11. The normalized spacial score (nSPS) is 11.9. The Morgan fingerprint density at radius 2 is 2.00 bits per heavy atom. The van der Waals surface area contributed by atoms with Crippen molar-refractivity contribution in [1.82, 2.24) is 15.5 Å². The molecule has 0 aromatic carbocycles. The Morgan fingerprint density at radius 1 is 1.21 bits per heavy atom. The predicted molar refractivity (Wildman–Crippen MR) is 83.1 cm³/mol. The highest BCUT2D eigenvalue weighted by Gasteiger charge is 2.09. The van der Waals surface area contributed by atoms with Gasteiger partial charge in [0.05, 0.1) is 0 Å². The summed E-state index contributed by atoms with van der Waals surface area (Å²) < 4.78 is 0. The maximum atomic E-state index is 4.27. The summed E-state index contributed by atoms with van der Waals surface area (Å²) >= 11 is 3.48. The van der Waals surface area contributed by atoms with Gasteiger partial charge in [-0.2, -0.15) is 11.3 Å². The summed E-state index contributed by atoms with van der Waals surface area (Å²) in [6.45, 7) is 7.60. The molecule has 2 aromatic rings. The van der Waals surface area contributed by atoms with Crippen LogP contribution in [0.5, 0.6) is 0 Å². The molecule has 3 nitrogen and oxygen atoms in total. The van der Waals surface area contributed by atoms with E-state index in [1.807, 2.05) is 0 Å². The minimum atomic E-state index is 0.200. The van der Waals surface area contributed by atoms with Crippen LogP contribution in [0.15, 0.2) is 16.8 Å². The summed E-state index contributed by atoms with van der Waals surface area (Å²) in [7, 11) is 0. The Balaban J connectivity index is 1.75. The Labute approximate surface area is 123 Å². The number of hydrogen-bond acceptors (Lipinski definition) is 5. The highest BCUT2D eigenvalue weighted by atomic mass is 32.1. The lowest BCUT2D eigenvalue weighted by Crippen LogP contribution is -2.36. The molecule has 2 aromatic heterocycles. The second kappa shape index (κ2) is 6.59. The van der Waals surface area contributed by atoms with Crippen molar-refractivity contribution in [3.8, 4) is 0 Å². The first kappa shape index (κ1) is 14.6. The quantitative estimate of drug-likeness (QED) is 0.829. The van der Waals surface area contributed by atoms with E-state index in [4.69, 9.17) is 0 Å². The number of rotatable bonds is 6. The van der Waals surface area contributed by atoms with Crippen molar-refractivity contribution in [2.45, 2.75) is 45.6 Å². The molecule has 0 saturated carbocycles. The standard InChI is InChI=1S/C14H21N3S2/c1-14(2,3)15-7-4-5-12-16-17-13(19-12)9-11-6-8-18-10-11/h6,8,10,15H,4-5,7,9H2,1-3H3. The first-order chi connectivity index (χ1) is 9.03. The lowest BCUT2D eigenvalue weighted by molar-refractivity contribution is 0.422. The van der Waals surface area contributed by atoms with Gasteiger partial charge in [0.15, 0.2) is 0 Å². The zero-order valence-electron chi connectivity index (χ0n) is 11.8. The largest absolute Gasteiger partial charge is 0.312 e. The summed E-state index contributed by atoms with van der Waals surface area (Å²) in [6.07, 6.45) is 3.05. The first-order valence-electron chi connectivity index (χ1n) is 6.60. The van der Waals surface area contributed by atoms with E-state index in [0.29, 0.717) is 0 Å². The van der Waals surface area contributed by atoms with Gasteiger partial charge in [-0.3, -0.25) is 0 Å². The van der Waals surface area contributed by atoms with Crippen LogP contribution in [0, 0.1) is 0 Å². The molecule has 0 radical (unpaired) electrons. The van der Waals surface area contributed by atoms with Gasteiger partial charge in [0.25, 0.3) is 0 Å². The van der Waals surface area contributed by atoms with Gasteiger partial charge in [0.1, 0.15) is 10.0 Å². The van der Waals surface area contributed by atoms with E-state index < -0.39 is 0 Å². The van der Waals surface area contributed by atoms with E-state index in [0.717, 1.165) is 35.8 Å². The molecule has 0 aliphatic rings. The van der Waals surface area contributed by atoms with Crippen molar-refractivity contribution >= 4 is 22.7 Å². The number of aryl methyl sites for hydroxylation is 1. The third-order valence-electron chi connectivity index (χ3n) is 2.67. The van der Waals surface area contributed by atoms with Gasteiger partial charge < -0.3 is 5.32 Å². The lowest BCUT2D eigenvalue weighted by Gasteiger charge is -2.20. The Morgan fingerprint density at radius 3 is 2.68 bits per heavy atom. The molecule has 19 heavy (non-hydrogen) atoms. The van der Waals surface area contributed by atoms with E-state index in [1.165, 1.54) is 5.56 Å². The fourth-order valence-electron chi connectivity index (χ4n) is 1.73. The number of nitrogens with one attached hydrogen (secondary N) is 1. The van der Waals surface area contributed by atoms with Crippen molar-refractivity contribution in [2.24, 2.45) is 0 Å². The van der Waals surface area contributed by atoms with Gasteiger partial charge in [-0.1, -0.05) is 0 Å². The summed E-state index contributed by atoms with van der Waals surface area (Å²) in [5.74, 6) is 0. The van der Waals surface area contributed by atoms with Crippen LogP contribution in [0.25, 0.3) is 0 Å². The zero-order valence-corrected chi connectivity index (χ0v) is 13.4. The van der Waals surface area contributed by atoms with Crippen molar-refractivity contribution in [3.63, 3.8) is 0 Å². The zero-order chi connectivity index (χ0) is 13.7. The smallest absolute Gasteiger partial charge is 0.121 e. The van der Waals surface area contributed by atoms with Crippen molar-refractivity contribution in [1.29, 1.82) is 0 Å². The van der Waals surface area contributed by atoms with Crippen LogP contribution in [0.3, 0.4) is 0 Å². The Hall–Kier alpha value is -0.780. The fourth-order valence-corrected chi connectivity index (χ4v) is 3.32. The first-order valence-corrected chi connectivity index (χ1v) is 8.36. The SMILES string of the molecule is CC(C)(C)NCCCc1nnc(Cc2ccsc2)s1. The number of thiophene rings is 1. The molecule has 2 heterocycles. The van der Waals surface area contributed by atoms with E-state index in [1.54, 1.807) is 22.7 Å². The average Bonchev–Trinajstić information content (AvgIpc) is 2.96. The van der Waals surface area contributed by atoms with Gasteiger partial charge in [0.2, 0.25) is 0 Å². The number of nitrogens with zero attached hydrogens (tertiary/aromatic N) is 2. The summed E-state index contributed by atoms with van der Waals surface area (Å²) in [5, 5.41) is 18.6. The maximum Gasteiger partial charge on any atom is 0.121 e. The molecule has 0 amide bonds. The molecule has 0 bridgehead atoms. The summed E-state index contributed by atoms with van der Waals surface area (Å²) in [6, 6.07) is 2.15. The van der Waals surface area contributed by atoms with Crippen LogP contribution >= 0.6 is 22.7 Å². The molecule has 0 fully saturated rings. The second-order valence-electron chi connectivity index (χ2n) is 5.68. The van der Waals surface area contributed by atoms with Gasteiger partial charge in [-0.15, -0.1) is 21.5 Å². The van der Waals surface area contributed by atoms with Crippen LogP contribution in [-0.4, -0.2) is 22.3 Å². The molecule has 0 saturated heterocycles. The topological polar surface area (TPSA) is 37.8 Å². The number of aromatic nitrogens is 2. The van der Waals surface area contributed by atoms with Crippen LogP contribution in [0.1, 0.15) is 42.8 Å². The minimum absolute atomic E-state index is 0.200. The molecule has 1 N–H and O–H groups in total. The van der Waals surface area contributed by atoms with E-state index >= 15 is 0 Å². The van der Waals surface area contributed by atoms with Crippen molar-refractivity contribution < 1.29 is 0 Å². The van der Waals surface area contributed by atoms with Gasteiger partial charge in [-0.25, -0.2) is 0 Å². The Kier molecular flexibility index (Phi) is 5.07. The lowest BCUT2D eigenvalue weighted by atomic mass is 10.1. The predicted octanol–water partition coefficient (Wildman–Crippen LogP) is 3.51. The molecular weight excluding hydrogens is 274 g/mol. The second-order valence-corrected chi connectivity index (χ2v) is 7.60. The molecule has 2 rings (SSSR count). The molecule has 104 valence electrons. The fraction of sp³-hybridized carbons (Fsp3) is 0.571. The van der Waals surface area contributed by atoms with Crippen LogP contribution in [-0.2, 0) is 12.8 Å². The summed E-state index contributed by atoms with van der Waals surface area (Å²) in [4.78, 5) is 0. The third kappa shape index (κ3) is 5.38. The van der Waals surface area contributed by atoms with E-state index in [-0.39, 0.29) is 5.54 Å². The summed E-state index contributed by atoms with van der Waals surface area (Å²) in [5.41, 5.74) is 1.53. The molecule has 0 aliphatic carbocycles. The molecule has 5 heteroatoms. The third-order valence-corrected chi connectivity index (χ3v) is 4.38. The minimum Gasteiger partial charge on any atom is -0.312 e.